The largest absolute Gasteiger partial charge is 0.323 e. The molecule has 3 nitrogen and oxygen atoms in total. The summed E-state index contributed by atoms with van der Waals surface area (Å²) < 4.78 is 0. The molecular weight excluding hydrogens is 236 g/mol. The van der Waals surface area contributed by atoms with Crippen molar-refractivity contribution in [3.8, 4) is 0 Å². The van der Waals surface area contributed by atoms with Crippen molar-refractivity contribution in [1.82, 2.24) is 10.2 Å². The van der Waals surface area contributed by atoms with Gasteiger partial charge >= 0.3 is 0 Å². The zero-order chi connectivity index (χ0) is 14.4. The SMILES string of the molecule is CCCCC1NC(CC(C)C)N(C(CC)CC)C1=O. The number of carbonyl (C=O) groups excluding carboxylic acids is 1. The molecule has 0 bridgehead atoms. The zero-order valence-corrected chi connectivity index (χ0v) is 13.4. The maximum Gasteiger partial charge on any atom is 0.241 e. The van der Waals surface area contributed by atoms with Gasteiger partial charge in [-0.2, -0.15) is 0 Å². The van der Waals surface area contributed by atoms with Crippen molar-refractivity contribution >= 4 is 5.91 Å². The highest BCUT2D eigenvalue weighted by molar-refractivity contribution is 5.84. The van der Waals surface area contributed by atoms with Crippen LogP contribution in [0, 0.1) is 5.92 Å². The van der Waals surface area contributed by atoms with Crippen molar-refractivity contribution in [1.29, 1.82) is 0 Å². The van der Waals surface area contributed by atoms with Gasteiger partial charge in [0.1, 0.15) is 0 Å². The first kappa shape index (κ1) is 16.5. The Bertz CT molecular complexity index is 274. The average molecular weight is 268 g/mol. The Hall–Kier alpha value is -0.570. The van der Waals surface area contributed by atoms with E-state index < -0.39 is 0 Å². The van der Waals surface area contributed by atoms with E-state index in [1.807, 2.05) is 0 Å². The molecule has 1 aliphatic rings. The summed E-state index contributed by atoms with van der Waals surface area (Å²) in [5.41, 5.74) is 0. The summed E-state index contributed by atoms with van der Waals surface area (Å²) in [7, 11) is 0. The van der Waals surface area contributed by atoms with Gasteiger partial charge < -0.3 is 4.90 Å². The molecule has 0 spiro atoms. The Kier molecular flexibility index (Phi) is 6.84. The van der Waals surface area contributed by atoms with Crippen LogP contribution in [0.15, 0.2) is 0 Å². The highest BCUT2D eigenvalue weighted by Crippen LogP contribution is 2.25. The van der Waals surface area contributed by atoms with E-state index in [4.69, 9.17) is 0 Å². The molecule has 0 radical (unpaired) electrons. The Morgan fingerprint density at radius 1 is 1.21 bits per heavy atom. The lowest BCUT2D eigenvalue weighted by atomic mass is 10.0. The molecule has 1 amide bonds. The third-order valence-electron chi connectivity index (χ3n) is 4.16. The lowest BCUT2D eigenvalue weighted by Gasteiger charge is -2.32. The van der Waals surface area contributed by atoms with Crippen molar-refractivity contribution in [3.63, 3.8) is 0 Å². The van der Waals surface area contributed by atoms with E-state index in [0.717, 1.165) is 38.5 Å². The number of rotatable bonds is 8. The lowest BCUT2D eigenvalue weighted by Crippen LogP contribution is -2.44. The maximum atomic E-state index is 12.6. The molecule has 1 fully saturated rings. The number of amides is 1. The number of hydrogen-bond acceptors (Lipinski definition) is 2. The minimum Gasteiger partial charge on any atom is -0.323 e. The maximum absolute atomic E-state index is 12.6. The molecule has 19 heavy (non-hydrogen) atoms. The normalized spacial score (nSPS) is 23.9. The zero-order valence-electron chi connectivity index (χ0n) is 13.4. The number of carbonyl (C=O) groups is 1. The van der Waals surface area contributed by atoms with Crippen LogP contribution in [0.1, 0.15) is 73.1 Å². The van der Waals surface area contributed by atoms with Crippen LogP contribution in [0.2, 0.25) is 0 Å². The van der Waals surface area contributed by atoms with Gasteiger partial charge in [-0.15, -0.1) is 0 Å². The molecule has 0 aliphatic carbocycles. The van der Waals surface area contributed by atoms with Gasteiger partial charge in [0.25, 0.3) is 0 Å². The van der Waals surface area contributed by atoms with E-state index in [-0.39, 0.29) is 12.2 Å². The molecule has 0 aromatic carbocycles. The summed E-state index contributed by atoms with van der Waals surface area (Å²) in [5, 5.41) is 3.58. The molecule has 1 N–H and O–H groups in total. The van der Waals surface area contributed by atoms with Crippen LogP contribution in [0.25, 0.3) is 0 Å². The summed E-state index contributed by atoms with van der Waals surface area (Å²) in [6.45, 7) is 11.0. The monoisotopic (exact) mass is 268 g/mol. The molecular formula is C16H32N2O. The van der Waals surface area contributed by atoms with Crippen LogP contribution < -0.4 is 5.32 Å². The minimum atomic E-state index is 0.0595. The van der Waals surface area contributed by atoms with Gasteiger partial charge in [-0.1, -0.05) is 47.5 Å². The number of nitrogens with zero attached hydrogens (tertiary/aromatic N) is 1. The molecule has 2 atom stereocenters. The highest BCUT2D eigenvalue weighted by Gasteiger charge is 2.40. The molecule has 0 aromatic rings. The van der Waals surface area contributed by atoms with Crippen LogP contribution >= 0.6 is 0 Å². The van der Waals surface area contributed by atoms with Crippen LogP contribution in [0.5, 0.6) is 0 Å². The number of hydrogen-bond donors (Lipinski definition) is 1. The van der Waals surface area contributed by atoms with E-state index in [2.05, 4.69) is 44.8 Å². The second-order valence-electron chi connectivity index (χ2n) is 6.22. The second kappa shape index (κ2) is 7.88. The van der Waals surface area contributed by atoms with E-state index >= 15 is 0 Å². The molecule has 1 heterocycles. The first-order valence-electron chi connectivity index (χ1n) is 8.13. The van der Waals surface area contributed by atoms with Gasteiger partial charge in [-0.05, 0) is 31.6 Å². The van der Waals surface area contributed by atoms with Crippen LogP contribution in [-0.4, -0.2) is 29.1 Å². The van der Waals surface area contributed by atoms with Gasteiger partial charge in [0.15, 0.2) is 0 Å². The third kappa shape index (κ3) is 4.20. The molecule has 1 saturated heterocycles. The highest BCUT2D eigenvalue weighted by atomic mass is 16.2. The summed E-state index contributed by atoms with van der Waals surface area (Å²) in [5.74, 6) is 0.958. The minimum absolute atomic E-state index is 0.0595. The second-order valence-corrected chi connectivity index (χ2v) is 6.22. The van der Waals surface area contributed by atoms with Gasteiger partial charge in [0, 0.05) is 6.04 Å². The molecule has 2 unspecified atom stereocenters. The van der Waals surface area contributed by atoms with E-state index in [9.17, 15) is 4.79 Å². The fraction of sp³-hybridized carbons (Fsp3) is 0.938. The van der Waals surface area contributed by atoms with Gasteiger partial charge in [0.05, 0.1) is 12.2 Å². The number of nitrogens with one attached hydrogen (secondary N) is 1. The fourth-order valence-corrected chi connectivity index (χ4v) is 3.08. The van der Waals surface area contributed by atoms with Crippen molar-refractivity contribution in [2.24, 2.45) is 5.92 Å². The predicted octanol–water partition coefficient (Wildman–Crippen LogP) is 3.54. The summed E-state index contributed by atoms with van der Waals surface area (Å²) in [6.07, 6.45) is 6.70. The third-order valence-corrected chi connectivity index (χ3v) is 4.16. The summed E-state index contributed by atoms with van der Waals surface area (Å²) >= 11 is 0. The Balaban J connectivity index is 2.78. The van der Waals surface area contributed by atoms with Gasteiger partial charge in [-0.25, -0.2) is 0 Å². The van der Waals surface area contributed by atoms with Gasteiger partial charge in [0.2, 0.25) is 5.91 Å². The van der Waals surface area contributed by atoms with E-state index in [0.29, 0.717) is 17.9 Å². The van der Waals surface area contributed by atoms with E-state index in [1.54, 1.807) is 0 Å². The number of unbranched alkanes of at least 4 members (excludes halogenated alkanes) is 1. The Morgan fingerprint density at radius 2 is 1.84 bits per heavy atom. The van der Waals surface area contributed by atoms with Crippen molar-refractivity contribution < 1.29 is 4.79 Å². The Morgan fingerprint density at radius 3 is 2.32 bits per heavy atom. The van der Waals surface area contributed by atoms with Crippen molar-refractivity contribution in [3.05, 3.63) is 0 Å². The molecule has 1 aliphatic heterocycles. The van der Waals surface area contributed by atoms with Gasteiger partial charge in [-0.3, -0.25) is 10.1 Å². The molecule has 112 valence electrons. The predicted molar refractivity (Wildman–Crippen MR) is 80.9 cm³/mol. The first-order valence-corrected chi connectivity index (χ1v) is 8.13. The van der Waals surface area contributed by atoms with E-state index in [1.165, 1.54) is 0 Å². The van der Waals surface area contributed by atoms with Crippen LogP contribution in [0.4, 0.5) is 0 Å². The fourth-order valence-electron chi connectivity index (χ4n) is 3.08. The molecule has 0 aromatic heterocycles. The molecule has 3 heteroatoms. The average Bonchev–Trinajstić information content (AvgIpc) is 2.66. The van der Waals surface area contributed by atoms with Crippen LogP contribution in [0.3, 0.4) is 0 Å². The van der Waals surface area contributed by atoms with Crippen molar-refractivity contribution in [2.75, 3.05) is 0 Å². The quantitative estimate of drug-likeness (QED) is 0.730. The standard InChI is InChI=1S/C16H32N2O/c1-6-9-10-14-16(19)18(13(7-2)8-3)15(17-14)11-12(4)5/h12-15,17H,6-11H2,1-5H3. The topological polar surface area (TPSA) is 32.3 Å². The first-order chi connectivity index (χ1) is 9.04. The van der Waals surface area contributed by atoms with Crippen LogP contribution in [-0.2, 0) is 4.79 Å². The van der Waals surface area contributed by atoms with Crippen molar-refractivity contribution in [2.45, 2.75) is 91.4 Å². The Labute approximate surface area is 119 Å². The molecule has 0 saturated carbocycles. The summed E-state index contributed by atoms with van der Waals surface area (Å²) in [6, 6.07) is 0.458. The molecule has 1 rings (SSSR count). The lowest BCUT2D eigenvalue weighted by molar-refractivity contribution is -0.132. The summed E-state index contributed by atoms with van der Waals surface area (Å²) in [4.78, 5) is 14.8. The smallest absolute Gasteiger partial charge is 0.241 e.